The van der Waals surface area contributed by atoms with E-state index in [1.54, 1.807) is 4.90 Å². The summed E-state index contributed by atoms with van der Waals surface area (Å²) in [5.74, 6) is 0.0636. The summed E-state index contributed by atoms with van der Waals surface area (Å²) >= 11 is 0. The van der Waals surface area contributed by atoms with Gasteiger partial charge in [-0.3, -0.25) is 0 Å². The summed E-state index contributed by atoms with van der Waals surface area (Å²) in [6.07, 6.45) is 0.745. The first kappa shape index (κ1) is 15.8. The zero-order chi connectivity index (χ0) is 15.5. The van der Waals surface area contributed by atoms with Crippen LogP contribution < -0.4 is 0 Å². The lowest BCUT2D eigenvalue weighted by molar-refractivity contribution is -0.00823. The number of benzene rings is 1. The van der Waals surface area contributed by atoms with Crippen molar-refractivity contribution in [2.75, 3.05) is 13.1 Å². The zero-order valence-electron chi connectivity index (χ0n) is 13.1. The number of aliphatic hydroxyl groups is 1. The number of carbonyl (C=O) groups is 1. The van der Waals surface area contributed by atoms with Crippen molar-refractivity contribution in [3.8, 4) is 0 Å². The Hall–Kier alpha value is -1.55. The molecule has 0 aromatic heterocycles. The van der Waals surface area contributed by atoms with Gasteiger partial charge in [0.25, 0.3) is 0 Å². The van der Waals surface area contributed by atoms with E-state index in [2.05, 4.69) is 12.1 Å². The minimum Gasteiger partial charge on any atom is -0.444 e. The molecule has 2 rings (SSSR count). The van der Waals surface area contributed by atoms with E-state index >= 15 is 0 Å². The lowest BCUT2D eigenvalue weighted by Gasteiger charge is -2.37. The second kappa shape index (κ2) is 6.48. The maximum Gasteiger partial charge on any atom is 0.410 e. The standard InChI is InChI=1S/C17H25NO3/c1-17(2,3)21-16(20)18-10-9-15(19)14(12-18)11-13-7-5-4-6-8-13/h4-8,14-15,19H,9-12H2,1-3H3/t14-,15+/m0/s1. The highest BCUT2D eigenvalue weighted by molar-refractivity contribution is 5.68. The summed E-state index contributed by atoms with van der Waals surface area (Å²) in [6, 6.07) is 10.1. The van der Waals surface area contributed by atoms with Crippen LogP contribution >= 0.6 is 0 Å². The minimum atomic E-state index is -0.484. The van der Waals surface area contributed by atoms with E-state index in [0.717, 1.165) is 6.42 Å². The molecule has 0 radical (unpaired) electrons. The van der Waals surface area contributed by atoms with Crippen LogP contribution in [-0.4, -0.2) is 40.9 Å². The molecule has 0 unspecified atom stereocenters. The van der Waals surface area contributed by atoms with E-state index in [1.165, 1.54) is 5.56 Å². The molecule has 1 amide bonds. The molecule has 1 aromatic carbocycles. The van der Waals surface area contributed by atoms with Gasteiger partial charge in [-0.1, -0.05) is 30.3 Å². The van der Waals surface area contributed by atoms with Crippen molar-refractivity contribution in [3.05, 3.63) is 35.9 Å². The number of piperidine rings is 1. The Morgan fingerprint density at radius 1 is 1.33 bits per heavy atom. The van der Waals surface area contributed by atoms with E-state index < -0.39 is 5.60 Å². The largest absolute Gasteiger partial charge is 0.444 e. The molecule has 1 saturated heterocycles. The third-order valence-electron chi connectivity index (χ3n) is 3.69. The van der Waals surface area contributed by atoms with Crippen molar-refractivity contribution in [1.29, 1.82) is 0 Å². The maximum absolute atomic E-state index is 12.1. The molecule has 1 aliphatic heterocycles. The fraction of sp³-hybridized carbons (Fsp3) is 0.588. The monoisotopic (exact) mass is 291 g/mol. The fourth-order valence-electron chi connectivity index (χ4n) is 2.63. The van der Waals surface area contributed by atoms with Crippen molar-refractivity contribution in [2.45, 2.75) is 45.3 Å². The molecule has 4 nitrogen and oxygen atoms in total. The fourth-order valence-corrected chi connectivity index (χ4v) is 2.63. The molecule has 1 N–H and O–H groups in total. The molecule has 1 aromatic rings. The average Bonchev–Trinajstić information content (AvgIpc) is 2.40. The van der Waals surface area contributed by atoms with Gasteiger partial charge in [-0.2, -0.15) is 0 Å². The quantitative estimate of drug-likeness (QED) is 0.911. The zero-order valence-corrected chi connectivity index (χ0v) is 13.1. The topological polar surface area (TPSA) is 49.8 Å². The molecule has 2 atom stereocenters. The molecule has 116 valence electrons. The summed E-state index contributed by atoms with van der Waals surface area (Å²) in [4.78, 5) is 13.9. The molecule has 1 fully saturated rings. The summed E-state index contributed by atoms with van der Waals surface area (Å²) in [5.41, 5.74) is 0.704. The van der Waals surface area contributed by atoms with Gasteiger partial charge in [-0.05, 0) is 39.2 Å². The number of likely N-dealkylation sites (tertiary alicyclic amines) is 1. The molecule has 21 heavy (non-hydrogen) atoms. The molecule has 0 aliphatic carbocycles. The third kappa shape index (κ3) is 4.74. The summed E-state index contributed by atoms with van der Waals surface area (Å²) < 4.78 is 5.42. The van der Waals surface area contributed by atoms with Gasteiger partial charge in [-0.15, -0.1) is 0 Å². The van der Waals surface area contributed by atoms with Gasteiger partial charge >= 0.3 is 6.09 Å². The molecular formula is C17H25NO3. The Kier molecular flexibility index (Phi) is 4.88. The minimum absolute atomic E-state index is 0.0636. The lowest BCUT2D eigenvalue weighted by atomic mass is 9.89. The number of aliphatic hydroxyl groups excluding tert-OH is 1. The van der Waals surface area contributed by atoms with Gasteiger partial charge in [0.15, 0.2) is 0 Å². The Balaban J connectivity index is 1.97. The molecule has 1 heterocycles. The smallest absolute Gasteiger partial charge is 0.410 e. The predicted octanol–water partition coefficient (Wildman–Crippen LogP) is 2.85. The van der Waals surface area contributed by atoms with Gasteiger partial charge < -0.3 is 14.7 Å². The lowest BCUT2D eigenvalue weighted by Crippen LogP contribution is -2.48. The number of carbonyl (C=O) groups excluding carboxylic acids is 1. The number of amides is 1. The van der Waals surface area contributed by atoms with Crippen molar-refractivity contribution in [1.82, 2.24) is 4.90 Å². The van der Waals surface area contributed by atoms with Crippen LogP contribution in [0.1, 0.15) is 32.8 Å². The van der Waals surface area contributed by atoms with E-state index in [-0.39, 0.29) is 18.1 Å². The molecule has 0 bridgehead atoms. The third-order valence-corrected chi connectivity index (χ3v) is 3.69. The molecule has 1 aliphatic rings. The first-order chi connectivity index (χ1) is 9.85. The SMILES string of the molecule is CC(C)(C)OC(=O)N1CC[C@@H](O)[C@@H](Cc2ccccc2)C1. The van der Waals surface area contributed by atoms with Crippen LogP contribution in [0, 0.1) is 5.92 Å². The van der Waals surface area contributed by atoms with Crippen molar-refractivity contribution in [3.63, 3.8) is 0 Å². The van der Waals surface area contributed by atoms with E-state index in [9.17, 15) is 9.90 Å². The maximum atomic E-state index is 12.1. The number of ether oxygens (including phenoxy) is 1. The normalized spacial score (nSPS) is 23.0. The van der Waals surface area contributed by atoms with Crippen molar-refractivity contribution in [2.24, 2.45) is 5.92 Å². The van der Waals surface area contributed by atoms with E-state index in [1.807, 2.05) is 39.0 Å². The van der Waals surface area contributed by atoms with Crippen LogP contribution in [0.25, 0.3) is 0 Å². The highest BCUT2D eigenvalue weighted by Gasteiger charge is 2.32. The van der Waals surface area contributed by atoms with Crippen LogP contribution in [0.5, 0.6) is 0 Å². The summed E-state index contributed by atoms with van der Waals surface area (Å²) in [6.45, 7) is 6.70. The Labute approximate surface area is 126 Å². The van der Waals surface area contributed by atoms with Crippen molar-refractivity contribution >= 4 is 6.09 Å². The number of hydrogen-bond acceptors (Lipinski definition) is 3. The highest BCUT2D eigenvalue weighted by atomic mass is 16.6. The Morgan fingerprint density at radius 3 is 2.62 bits per heavy atom. The molecular weight excluding hydrogens is 266 g/mol. The van der Waals surface area contributed by atoms with Crippen LogP contribution in [0.3, 0.4) is 0 Å². The van der Waals surface area contributed by atoms with Crippen LogP contribution in [-0.2, 0) is 11.2 Å². The Morgan fingerprint density at radius 2 is 2.00 bits per heavy atom. The summed E-state index contributed by atoms with van der Waals surface area (Å²) in [5, 5.41) is 10.2. The van der Waals surface area contributed by atoms with Gasteiger partial charge in [0, 0.05) is 19.0 Å². The molecule has 0 spiro atoms. The van der Waals surface area contributed by atoms with Crippen LogP contribution in [0.4, 0.5) is 4.79 Å². The molecule has 4 heteroatoms. The van der Waals surface area contributed by atoms with Gasteiger partial charge in [0.1, 0.15) is 5.60 Å². The second-order valence-electron chi connectivity index (χ2n) is 6.73. The predicted molar refractivity (Wildman–Crippen MR) is 82.1 cm³/mol. The van der Waals surface area contributed by atoms with E-state index in [4.69, 9.17) is 4.74 Å². The van der Waals surface area contributed by atoms with E-state index in [0.29, 0.717) is 19.5 Å². The number of rotatable bonds is 2. The Bertz CT molecular complexity index is 467. The highest BCUT2D eigenvalue weighted by Crippen LogP contribution is 2.23. The first-order valence-corrected chi connectivity index (χ1v) is 7.55. The summed E-state index contributed by atoms with van der Waals surface area (Å²) in [7, 11) is 0. The second-order valence-corrected chi connectivity index (χ2v) is 6.73. The average molecular weight is 291 g/mol. The van der Waals surface area contributed by atoms with Gasteiger partial charge in [0.2, 0.25) is 0 Å². The van der Waals surface area contributed by atoms with Gasteiger partial charge in [-0.25, -0.2) is 4.79 Å². The molecule has 0 saturated carbocycles. The van der Waals surface area contributed by atoms with Gasteiger partial charge in [0.05, 0.1) is 6.10 Å². The number of hydrogen-bond donors (Lipinski definition) is 1. The van der Waals surface area contributed by atoms with Crippen LogP contribution in [0.15, 0.2) is 30.3 Å². The van der Waals surface area contributed by atoms with Crippen LogP contribution in [0.2, 0.25) is 0 Å². The first-order valence-electron chi connectivity index (χ1n) is 7.55. The van der Waals surface area contributed by atoms with Crippen molar-refractivity contribution < 1.29 is 14.6 Å². The number of nitrogens with zero attached hydrogens (tertiary/aromatic N) is 1.